The van der Waals surface area contributed by atoms with Gasteiger partial charge < -0.3 is 14.6 Å². The first-order valence-electron chi connectivity index (χ1n) is 4.84. The monoisotopic (exact) mass is 199 g/mol. The fourth-order valence-corrected chi connectivity index (χ4v) is 0.949. The Kier molecular flexibility index (Phi) is 4.39. The van der Waals surface area contributed by atoms with E-state index >= 15 is 0 Å². The van der Waals surface area contributed by atoms with Gasteiger partial charge >= 0.3 is 6.01 Å². The zero-order valence-corrected chi connectivity index (χ0v) is 8.91. The van der Waals surface area contributed by atoms with Crippen LogP contribution in [0.25, 0.3) is 0 Å². The molecular weight excluding hydrogens is 182 g/mol. The Hall–Kier alpha value is -1.10. The normalized spacial score (nSPS) is 12.8. The van der Waals surface area contributed by atoms with Gasteiger partial charge in [0.15, 0.2) is 5.82 Å². The summed E-state index contributed by atoms with van der Waals surface area (Å²) in [5.74, 6) is 1.10. The molecule has 0 amide bonds. The predicted molar refractivity (Wildman–Crippen MR) is 53.4 cm³/mol. The van der Waals surface area contributed by atoms with Crippen molar-refractivity contribution >= 4 is 6.01 Å². The molecule has 1 unspecified atom stereocenters. The first-order valence-corrected chi connectivity index (χ1v) is 4.84. The lowest BCUT2D eigenvalue weighted by Crippen LogP contribution is -2.07. The first-order chi connectivity index (χ1) is 6.77. The Labute approximate surface area is 83.8 Å². The summed E-state index contributed by atoms with van der Waals surface area (Å²) in [6.45, 7) is 5.47. The summed E-state index contributed by atoms with van der Waals surface area (Å²) >= 11 is 0. The highest BCUT2D eigenvalue weighted by Gasteiger charge is 2.10. The zero-order valence-electron chi connectivity index (χ0n) is 8.91. The quantitative estimate of drug-likeness (QED) is 0.706. The molecule has 1 rings (SSSR count). The Bertz CT molecular complexity index is 262. The summed E-state index contributed by atoms with van der Waals surface area (Å²) in [6, 6.07) is 0.470. The molecule has 5 nitrogen and oxygen atoms in total. The largest absolute Gasteiger partial charge is 0.383 e. The molecule has 1 aromatic rings. The second kappa shape index (κ2) is 5.59. The zero-order chi connectivity index (χ0) is 10.4. The van der Waals surface area contributed by atoms with Crippen LogP contribution in [-0.2, 0) is 4.74 Å². The molecular formula is C9H17N3O2. The number of hydrogen-bond donors (Lipinski definition) is 1. The van der Waals surface area contributed by atoms with Crippen molar-refractivity contribution in [3.05, 3.63) is 5.82 Å². The molecule has 1 atom stereocenters. The van der Waals surface area contributed by atoms with Crippen molar-refractivity contribution < 1.29 is 9.26 Å². The van der Waals surface area contributed by atoms with Crippen LogP contribution in [0, 0.1) is 0 Å². The average Bonchev–Trinajstić information content (AvgIpc) is 2.66. The maximum Gasteiger partial charge on any atom is 0.321 e. The number of aromatic nitrogens is 2. The molecule has 0 aliphatic carbocycles. The van der Waals surface area contributed by atoms with Gasteiger partial charge in [-0.25, -0.2) is 0 Å². The van der Waals surface area contributed by atoms with Crippen molar-refractivity contribution in [2.45, 2.75) is 26.2 Å². The van der Waals surface area contributed by atoms with Gasteiger partial charge in [0.05, 0.1) is 6.61 Å². The highest BCUT2D eigenvalue weighted by atomic mass is 16.5. The molecule has 0 saturated heterocycles. The van der Waals surface area contributed by atoms with Crippen molar-refractivity contribution in [2.24, 2.45) is 0 Å². The van der Waals surface area contributed by atoms with Crippen LogP contribution >= 0.6 is 0 Å². The summed E-state index contributed by atoms with van der Waals surface area (Å²) in [7, 11) is 1.65. The van der Waals surface area contributed by atoms with Crippen molar-refractivity contribution in [2.75, 3.05) is 25.6 Å². The predicted octanol–water partition coefficient (Wildman–Crippen LogP) is 1.64. The summed E-state index contributed by atoms with van der Waals surface area (Å²) in [4.78, 5) is 4.21. The molecule has 0 spiro atoms. The second-order valence-electron chi connectivity index (χ2n) is 3.19. The minimum atomic E-state index is 0.344. The van der Waals surface area contributed by atoms with E-state index in [4.69, 9.17) is 9.26 Å². The van der Waals surface area contributed by atoms with E-state index in [-0.39, 0.29) is 0 Å². The van der Waals surface area contributed by atoms with Crippen LogP contribution in [0.3, 0.4) is 0 Å². The van der Waals surface area contributed by atoms with E-state index < -0.39 is 0 Å². The van der Waals surface area contributed by atoms with Crippen molar-refractivity contribution in [1.29, 1.82) is 0 Å². The molecule has 0 radical (unpaired) electrons. The van der Waals surface area contributed by atoms with Gasteiger partial charge in [-0.15, -0.1) is 0 Å². The van der Waals surface area contributed by atoms with E-state index in [9.17, 15) is 0 Å². The summed E-state index contributed by atoms with van der Waals surface area (Å²) in [5.41, 5.74) is 0. The van der Waals surface area contributed by atoms with Crippen molar-refractivity contribution in [3.63, 3.8) is 0 Å². The van der Waals surface area contributed by atoms with Crippen LogP contribution in [0.1, 0.15) is 32.0 Å². The molecule has 0 fully saturated rings. The van der Waals surface area contributed by atoms with Gasteiger partial charge in [-0.05, 0) is 6.42 Å². The second-order valence-corrected chi connectivity index (χ2v) is 3.19. The molecule has 80 valence electrons. The fraction of sp³-hybridized carbons (Fsp3) is 0.778. The minimum absolute atomic E-state index is 0.344. The number of rotatable bonds is 6. The molecule has 14 heavy (non-hydrogen) atoms. The van der Waals surface area contributed by atoms with Crippen LogP contribution in [0.2, 0.25) is 0 Å². The Balaban J connectivity index is 2.42. The van der Waals surface area contributed by atoms with E-state index in [1.807, 2.05) is 0 Å². The molecule has 0 bridgehead atoms. The number of hydrogen-bond acceptors (Lipinski definition) is 5. The molecule has 1 heterocycles. The maximum absolute atomic E-state index is 5.01. The fourth-order valence-electron chi connectivity index (χ4n) is 0.949. The summed E-state index contributed by atoms with van der Waals surface area (Å²) in [6.07, 6.45) is 1.01. The standard InChI is InChI=1S/C9H17N3O2/c1-4-7(2)8-11-9(14-12-8)10-5-6-13-3/h7H,4-6H2,1-3H3,(H,10,11,12). The van der Waals surface area contributed by atoms with Crippen molar-refractivity contribution in [3.8, 4) is 0 Å². The van der Waals surface area contributed by atoms with E-state index in [1.54, 1.807) is 7.11 Å². The van der Waals surface area contributed by atoms with E-state index in [0.717, 1.165) is 12.2 Å². The molecule has 0 aliphatic rings. The maximum atomic E-state index is 5.01. The van der Waals surface area contributed by atoms with E-state index in [0.29, 0.717) is 25.1 Å². The van der Waals surface area contributed by atoms with Gasteiger partial charge in [-0.2, -0.15) is 4.98 Å². The van der Waals surface area contributed by atoms with Gasteiger partial charge in [-0.3, -0.25) is 0 Å². The molecule has 0 saturated carbocycles. The van der Waals surface area contributed by atoms with Crippen LogP contribution < -0.4 is 5.32 Å². The Morgan fingerprint density at radius 1 is 1.57 bits per heavy atom. The molecule has 5 heteroatoms. The summed E-state index contributed by atoms with van der Waals surface area (Å²) < 4.78 is 9.89. The van der Waals surface area contributed by atoms with Crippen molar-refractivity contribution in [1.82, 2.24) is 10.1 Å². The number of methoxy groups -OCH3 is 1. The van der Waals surface area contributed by atoms with Crippen LogP contribution in [0.15, 0.2) is 4.52 Å². The lowest BCUT2D eigenvalue weighted by atomic mass is 10.1. The Morgan fingerprint density at radius 3 is 3.00 bits per heavy atom. The smallest absolute Gasteiger partial charge is 0.321 e. The van der Waals surface area contributed by atoms with E-state index in [2.05, 4.69) is 29.3 Å². The average molecular weight is 199 g/mol. The minimum Gasteiger partial charge on any atom is -0.383 e. The van der Waals surface area contributed by atoms with Gasteiger partial charge in [0.1, 0.15) is 0 Å². The summed E-state index contributed by atoms with van der Waals surface area (Å²) in [5, 5.41) is 6.86. The highest BCUT2D eigenvalue weighted by Crippen LogP contribution is 2.16. The van der Waals surface area contributed by atoms with Gasteiger partial charge in [0.25, 0.3) is 0 Å². The third-order valence-corrected chi connectivity index (χ3v) is 2.08. The van der Waals surface area contributed by atoms with Crippen LogP contribution in [0.5, 0.6) is 0 Å². The Morgan fingerprint density at radius 2 is 2.36 bits per heavy atom. The lowest BCUT2D eigenvalue weighted by Gasteiger charge is -1.99. The molecule has 1 N–H and O–H groups in total. The van der Waals surface area contributed by atoms with Gasteiger partial charge in [0, 0.05) is 19.6 Å². The molecule has 0 aromatic carbocycles. The highest BCUT2D eigenvalue weighted by molar-refractivity contribution is 5.18. The van der Waals surface area contributed by atoms with Gasteiger partial charge in [-0.1, -0.05) is 19.0 Å². The van der Waals surface area contributed by atoms with E-state index in [1.165, 1.54) is 0 Å². The molecule has 0 aliphatic heterocycles. The van der Waals surface area contributed by atoms with Crippen LogP contribution in [0.4, 0.5) is 6.01 Å². The van der Waals surface area contributed by atoms with Crippen LogP contribution in [-0.4, -0.2) is 30.4 Å². The third-order valence-electron chi connectivity index (χ3n) is 2.08. The SMILES string of the molecule is CCC(C)c1noc(NCCOC)n1. The first kappa shape index (κ1) is 11.0. The number of anilines is 1. The lowest BCUT2D eigenvalue weighted by molar-refractivity contribution is 0.210. The van der Waals surface area contributed by atoms with Gasteiger partial charge in [0.2, 0.25) is 0 Å². The molecule has 1 aromatic heterocycles. The third kappa shape index (κ3) is 2.99. The number of nitrogens with one attached hydrogen (secondary N) is 1. The topological polar surface area (TPSA) is 60.2 Å². The number of nitrogens with zero attached hydrogens (tertiary/aromatic N) is 2. The number of ether oxygens (including phenoxy) is 1.